The molecule has 1 fully saturated rings. The molecule has 0 aliphatic carbocycles. The number of alkyl carbamates (subject to hydrolysis) is 1. The molecular formula is C47H56N6O18. The summed E-state index contributed by atoms with van der Waals surface area (Å²) >= 11 is 0. The molecule has 71 heavy (non-hydrogen) atoms. The predicted molar refractivity (Wildman–Crippen MR) is 247 cm³/mol. The van der Waals surface area contributed by atoms with E-state index < -0.39 is 60.7 Å². The number of imide groups is 1. The van der Waals surface area contributed by atoms with Crippen LogP contribution in [-0.2, 0) is 74.0 Å². The number of hydrogen-bond acceptors (Lipinski definition) is 18. The number of rotatable bonds is 18. The molecule has 6 N–H and O–H groups in total. The third kappa shape index (κ3) is 13.9. The number of carboxylic acid groups (broad SMARTS) is 1. The van der Waals surface area contributed by atoms with Crippen LogP contribution in [0.3, 0.4) is 0 Å². The van der Waals surface area contributed by atoms with Crippen LogP contribution in [0.15, 0.2) is 41.2 Å². The minimum atomic E-state index is -1.81. The van der Waals surface area contributed by atoms with Crippen LogP contribution in [0.2, 0.25) is 0 Å². The summed E-state index contributed by atoms with van der Waals surface area (Å²) in [4.78, 5) is 103. The second kappa shape index (κ2) is 24.6. The van der Waals surface area contributed by atoms with Crippen molar-refractivity contribution in [2.24, 2.45) is 5.92 Å². The second-order valence-electron chi connectivity index (χ2n) is 15.7. The van der Waals surface area contributed by atoms with Gasteiger partial charge in [-0.3, -0.25) is 43.2 Å². The van der Waals surface area contributed by atoms with Crippen molar-refractivity contribution in [1.82, 2.24) is 25.1 Å². The monoisotopic (exact) mass is 992 g/mol. The van der Waals surface area contributed by atoms with E-state index in [2.05, 4.69) is 16.0 Å². The number of likely N-dealkylation sites (tertiary alicyclic amines) is 1. The van der Waals surface area contributed by atoms with E-state index >= 15 is 0 Å². The number of hydrogen-bond donors (Lipinski definition) is 6. The SMILES string of the molecule is CC.CC(=O)O.COC(C)OC(O)Oc1ccc(COC(=O)NCc2c3c(nc4cc5c(cc24)OCO5)-c2cc(O)c(COC(C)=O)c(=O)n2C3)cc1NC(=O)CCNC(=O)CCN1C(=O)CC(C)C1=O. The molecule has 0 radical (unpaired) electrons. The van der Waals surface area contributed by atoms with Gasteiger partial charge in [0.15, 0.2) is 17.8 Å². The highest BCUT2D eigenvalue weighted by Crippen LogP contribution is 2.42. The van der Waals surface area contributed by atoms with Crippen LogP contribution in [0.1, 0.15) is 83.1 Å². The van der Waals surface area contributed by atoms with Crippen molar-refractivity contribution >= 4 is 58.3 Å². The van der Waals surface area contributed by atoms with Crippen LogP contribution in [0.5, 0.6) is 23.0 Å². The number of nitrogens with zero attached hydrogens (tertiary/aromatic N) is 3. The zero-order valence-electron chi connectivity index (χ0n) is 40.1. The molecular weight excluding hydrogens is 937 g/mol. The Morgan fingerprint density at radius 2 is 1.63 bits per heavy atom. The molecule has 4 aromatic rings. The average Bonchev–Trinajstić information content (AvgIpc) is 4.00. The van der Waals surface area contributed by atoms with Crippen LogP contribution in [0, 0.1) is 5.92 Å². The number of carbonyl (C=O) groups is 7. The second-order valence-corrected chi connectivity index (χ2v) is 15.7. The van der Waals surface area contributed by atoms with Crippen LogP contribution < -0.4 is 35.7 Å². The molecule has 24 nitrogen and oxygen atoms in total. The van der Waals surface area contributed by atoms with Crippen molar-refractivity contribution in [2.75, 3.05) is 32.3 Å². The fraction of sp³-hybridized carbons (Fsp3) is 0.426. The number of aliphatic hydroxyl groups excluding tert-OH is 1. The fourth-order valence-electron chi connectivity index (χ4n) is 7.34. The number of benzene rings is 2. The third-order valence-corrected chi connectivity index (χ3v) is 10.7. The Morgan fingerprint density at radius 1 is 0.930 bits per heavy atom. The van der Waals surface area contributed by atoms with Crippen LogP contribution >= 0.6 is 0 Å². The number of carboxylic acids is 1. The molecule has 2 aromatic heterocycles. The van der Waals surface area contributed by atoms with Gasteiger partial charge in [-0.2, -0.15) is 0 Å². The molecule has 5 heterocycles. The molecule has 24 heteroatoms. The standard InChI is InChI=1S/C43H46N6O16.C2H4O2.C2H6/c1-21-11-38(54)48(40(21)55)10-8-36(52)44-9-7-37(53)46-30-12-24(5-6-33(30)65-43(58)64-23(3)59-4)18-61-42(57)45-16-26-25-13-34-35(63-20-62-34)14-29(25)47-39-27(26)17-49-31(39)15-32(51)28(41(49)56)19-60-22(2)50;1-2(3)4;1-2/h5-6,12-15,21,23,43,51,58H,7-11,16-20H2,1-4H3,(H,44,52)(H,45,57)(H,46,53);1H3,(H,3,4);1-2H3. The number of aliphatic hydroxyl groups is 1. The van der Waals surface area contributed by atoms with Gasteiger partial charge in [-0.15, -0.1) is 0 Å². The van der Waals surface area contributed by atoms with Gasteiger partial charge >= 0.3 is 18.5 Å². The molecule has 3 aliphatic rings. The summed E-state index contributed by atoms with van der Waals surface area (Å²) in [5.41, 5.74) is 2.04. The van der Waals surface area contributed by atoms with E-state index in [4.69, 9.17) is 48.0 Å². The Labute approximate surface area is 406 Å². The molecule has 5 amide bonds. The number of carbonyl (C=O) groups excluding carboxylic acids is 6. The Hall–Kier alpha value is -7.83. The molecule has 0 saturated carbocycles. The molecule has 7 rings (SSSR count). The largest absolute Gasteiger partial charge is 0.507 e. The predicted octanol–water partition coefficient (Wildman–Crippen LogP) is 3.36. The van der Waals surface area contributed by atoms with E-state index in [1.165, 1.54) is 49.8 Å². The van der Waals surface area contributed by atoms with Crippen molar-refractivity contribution in [2.45, 2.75) is 99.9 Å². The van der Waals surface area contributed by atoms with Crippen molar-refractivity contribution in [3.05, 3.63) is 69.0 Å². The first-order valence-corrected chi connectivity index (χ1v) is 22.3. The number of esters is 1. The van der Waals surface area contributed by atoms with Gasteiger partial charge < -0.3 is 64.3 Å². The normalized spacial score (nSPS) is 14.7. The molecule has 0 bridgehead atoms. The van der Waals surface area contributed by atoms with E-state index in [0.29, 0.717) is 50.5 Å². The van der Waals surface area contributed by atoms with Crippen molar-refractivity contribution in [3.63, 3.8) is 0 Å². The lowest BCUT2D eigenvalue weighted by Gasteiger charge is -2.20. The Morgan fingerprint density at radius 3 is 2.30 bits per heavy atom. The molecule has 2 aromatic carbocycles. The van der Waals surface area contributed by atoms with E-state index in [0.717, 1.165) is 11.8 Å². The maximum absolute atomic E-state index is 13.5. The molecule has 3 unspecified atom stereocenters. The lowest BCUT2D eigenvalue weighted by Crippen LogP contribution is -2.35. The van der Waals surface area contributed by atoms with E-state index in [-0.39, 0.29) is 93.4 Å². The van der Waals surface area contributed by atoms with Gasteiger partial charge in [-0.25, -0.2) is 9.78 Å². The Balaban J connectivity index is 0.00000149. The first-order chi connectivity index (χ1) is 33.8. The maximum Gasteiger partial charge on any atom is 0.407 e. The molecule has 3 atom stereocenters. The maximum atomic E-state index is 13.5. The number of aromatic nitrogens is 2. The number of nitrogens with one attached hydrogen (secondary N) is 3. The Kier molecular flexibility index (Phi) is 18.8. The van der Waals surface area contributed by atoms with E-state index in [1.54, 1.807) is 19.1 Å². The molecule has 0 spiro atoms. The van der Waals surface area contributed by atoms with Gasteiger partial charge in [-0.05, 0) is 36.2 Å². The number of anilines is 1. The highest BCUT2D eigenvalue weighted by molar-refractivity contribution is 6.03. The van der Waals surface area contributed by atoms with Gasteiger partial charge in [0.2, 0.25) is 30.4 Å². The summed E-state index contributed by atoms with van der Waals surface area (Å²) in [6.07, 6.45) is -1.92. The number of amides is 5. The van der Waals surface area contributed by atoms with Crippen molar-refractivity contribution < 1.29 is 82.0 Å². The minimum Gasteiger partial charge on any atom is -0.507 e. The van der Waals surface area contributed by atoms with Gasteiger partial charge in [0, 0.05) is 88.9 Å². The lowest BCUT2D eigenvalue weighted by atomic mass is 10.00. The molecule has 3 aliphatic heterocycles. The number of aromatic hydroxyl groups is 1. The van der Waals surface area contributed by atoms with E-state index in [1.807, 2.05) is 13.8 Å². The molecule has 1 saturated heterocycles. The first-order valence-electron chi connectivity index (χ1n) is 22.3. The average molecular weight is 993 g/mol. The van der Waals surface area contributed by atoms with Gasteiger partial charge in [0.05, 0.1) is 34.7 Å². The van der Waals surface area contributed by atoms with Gasteiger partial charge in [-0.1, -0.05) is 26.8 Å². The number of aliphatic carboxylic acids is 1. The molecule has 382 valence electrons. The van der Waals surface area contributed by atoms with Gasteiger partial charge in [0.1, 0.15) is 24.7 Å². The highest BCUT2D eigenvalue weighted by Gasteiger charge is 2.35. The van der Waals surface area contributed by atoms with Crippen molar-refractivity contribution in [1.29, 1.82) is 0 Å². The zero-order chi connectivity index (χ0) is 52.1. The number of pyridine rings is 2. The highest BCUT2D eigenvalue weighted by atomic mass is 16.8. The minimum absolute atomic E-state index is 0.00513. The zero-order valence-corrected chi connectivity index (χ0v) is 40.1. The summed E-state index contributed by atoms with van der Waals surface area (Å²) in [5.74, 6) is -3.09. The number of ether oxygens (including phenoxy) is 7. The van der Waals surface area contributed by atoms with Crippen molar-refractivity contribution in [3.8, 4) is 34.4 Å². The lowest BCUT2D eigenvalue weighted by molar-refractivity contribution is -0.283. The fourth-order valence-corrected chi connectivity index (χ4v) is 7.34. The summed E-state index contributed by atoms with van der Waals surface area (Å²) < 4.78 is 38.8. The van der Waals surface area contributed by atoms with Crippen LogP contribution in [0.4, 0.5) is 10.5 Å². The topological polar surface area (TPSA) is 319 Å². The smallest absolute Gasteiger partial charge is 0.407 e. The summed E-state index contributed by atoms with van der Waals surface area (Å²) in [5, 5.41) is 37.1. The third-order valence-electron chi connectivity index (χ3n) is 10.7. The number of methoxy groups -OCH3 is 1. The summed E-state index contributed by atoms with van der Waals surface area (Å²) in [6.45, 7) is 6.64. The Bertz CT molecular complexity index is 2740. The summed E-state index contributed by atoms with van der Waals surface area (Å²) in [6, 6.07) is 9.14. The van der Waals surface area contributed by atoms with E-state index in [9.17, 15) is 43.8 Å². The van der Waals surface area contributed by atoms with Gasteiger partial charge in [0.25, 0.3) is 11.5 Å². The quantitative estimate of drug-likeness (QED) is 0.0416. The summed E-state index contributed by atoms with van der Waals surface area (Å²) in [7, 11) is 1.36. The number of fused-ring (bicyclic) bond motifs is 5. The first kappa shape index (κ1) is 54.1. The van der Waals surface area contributed by atoms with Crippen LogP contribution in [0.25, 0.3) is 22.3 Å². The van der Waals surface area contributed by atoms with Crippen LogP contribution in [-0.4, -0.2) is 111 Å².